The zero-order valence-corrected chi connectivity index (χ0v) is 18.7. The molecule has 4 amide bonds. The van der Waals surface area contributed by atoms with Crippen LogP contribution < -0.4 is 10.6 Å². The molecule has 1 fully saturated rings. The number of urea groups is 1. The molecule has 5 rings (SSSR count). The topological polar surface area (TPSA) is 124 Å². The Bertz CT molecular complexity index is 1380. The van der Waals surface area contributed by atoms with Gasteiger partial charge in [0.2, 0.25) is 5.91 Å². The van der Waals surface area contributed by atoms with Gasteiger partial charge in [-0.3, -0.25) is 18.9 Å². The number of aromatic amines is 1. The van der Waals surface area contributed by atoms with E-state index in [0.717, 1.165) is 16.5 Å². The van der Waals surface area contributed by atoms with Gasteiger partial charge in [-0.2, -0.15) is 0 Å². The summed E-state index contributed by atoms with van der Waals surface area (Å²) in [6.07, 6.45) is 4.64. The van der Waals surface area contributed by atoms with Gasteiger partial charge in [0, 0.05) is 36.3 Å². The Labute approximate surface area is 195 Å². The van der Waals surface area contributed by atoms with E-state index >= 15 is 0 Å². The summed E-state index contributed by atoms with van der Waals surface area (Å²) >= 11 is 0. The van der Waals surface area contributed by atoms with E-state index in [1.807, 2.05) is 66.2 Å². The molecule has 4 heterocycles. The SMILES string of the molecule is C[C@@H](NC(=O)CC[C@@H]1NC(=O)N(CCc2c[nH]c3ccccc23)C1=O)c1nnc2ccccn12. The van der Waals surface area contributed by atoms with Crippen molar-refractivity contribution in [1.82, 2.24) is 35.1 Å². The molecular formula is C24H25N7O3. The van der Waals surface area contributed by atoms with Crippen molar-refractivity contribution in [1.29, 1.82) is 0 Å². The number of imide groups is 1. The van der Waals surface area contributed by atoms with Gasteiger partial charge in [0.15, 0.2) is 11.5 Å². The Morgan fingerprint density at radius 2 is 1.97 bits per heavy atom. The Morgan fingerprint density at radius 3 is 2.85 bits per heavy atom. The molecule has 0 radical (unpaired) electrons. The van der Waals surface area contributed by atoms with Crippen LogP contribution in [-0.4, -0.2) is 54.9 Å². The molecule has 3 N–H and O–H groups in total. The first-order valence-corrected chi connectivity index (χ1v) is 11.3. The standard InChI is InChI=1S/C24H25N7O3/c1-15(22-29-28-20-8-4-5-12-30(20)22)26-21(32)10-9-19-23(33)31(24(34)27-19)13-11-16-14-25-18-7-3-2-6-17(16)18/h2-8,12,14-15,19,25H,9-11,13H2,1H3,(H,26,32)(H,27,34)/t15-,19+/m1/s1. The van der Waals surface area contributed by atoms with Gasteiger partial charge < -0.3 is 15.6 Å². The molecule has 0 spiro atoms. The highest BCUT2D eigenvalue weighted by Gasteiger charge is 2.37. The highest BCUT2D eigenvalue weighted by atomic mass is 16.2. The maximum Gasteiger partial charge on any atom is 0.324 e. The third-order valence-electron chi connectivity index (χ3n) is 6.15. The number of amides is 4. The van der Waals surface area contributed by atoms with Gasteiger partial charge in [-0.05, 0) is 43.5 Å². The molecule has 174 valence electrons. The number of fused-ring (bicyclic) bond motifs is 2. The van der Waals surface area contributed by atoms with Crippen LogP contribution in [0.25, 0.3) is 16.6 Å². The highest BCUT2D eigenvalue weighted by Crippen LogP contribution is 2.20. The number of carbonyl (C=O) groups is 3. The van der Waals surface area contributed by atoms with E-state index in [1.165, 1.54) is 4.90 Å². The molecule has 2 atom stereocenters. The number of pyridine rings is 1. The minimum absolute atomic E-state index is 0.105. The molecule has 0 unspecified atom stereocenters. The molecule has 1 aliphatic rings. The Morgan fingerprint density at radius 1 is 1.15 bits per heavy atom. The second-order valence-electron chi connectivity index (χ2n) is 8.42. The lowest BCUT2D eigenvalue weighted by Gasteiger charge is -2.14. The largest absolute Gasteiger partial charge is 0.361 e. The van der Waals surface area contributed by atoms with Gasteiger partial charge in [-0.1, -0.05) is 24.3 Å². The van der Waals surface area contributed by atoms with E-state index in [1.54, 1.807) is 0 Å². The number of nitrogens with one attached hydrogen (secondary N) is 3. The zero-order chi connectivity index (χ0) is 23.7. The number of hydrogen-bond donors (Lipinski definition) is 3. The summed E-state index contributed by atoms with van der Waals surface area (Å²) in [6, 6.07) is 12.0. The van der Waals surface area contributed by atoms with E-state index in [2.05, 4.69) is 25.8 Å². The average molecular weight is 460 g/mol. The first-order chi connectivity index (χ1) is 16.5. The molecule has 1 saturated heterocycles. The maximum atomic E-state index is 12.8. The molecule has 1 aromatic carbocycles. The summed E-state index contributed by atoms with van der Waals surface area (Å²) in [4.78, 5) is 42.1. The van der Waals surface area contributed by atoms with Crippen molar-refractivity contribution in [3.05, 3.63) is 66.2 Å². The molecule has 34 heavy (non-hydrogen) atoms. The number of H-pyrrole nitrogens is 1. The van der Waals surface area contributed by atoms with Crippen LogP contribution in [0.5, 0.6) is 0 Å². The van der Waals surface area contributed by atoms with Crippen LogP contribution in [0.1, 0.15) is 37.2 Å². The van der Waals surface area contributed by atoms with Crippen LogP contribution in [-0.2, 0) is 16.0 Å². The van der Waals surface area contributed by atoms with Gasteiger partial charge >= 0.3 is 6.03 Å². The summed E-state index contributed by atoms with van der Waals surface area (Å²) in [5, 5.41) is 14.9. The zero-order valence-electron chi connectivity index (χ0n) is 18.7. The number of benzene rings is 1. The second kappa shape index (κ2) is 8.97. The van der Waals surface area contributed by atoms with Gasteiger partial charge in [0.25, 0.3) is 5.91 Å². The number of carbonyl (C=O) groups excluding carboxylic acids is 3. The third-order valence-corrected chi connectivity index (χ3v) is 6.15. The highest BCUT2D eigenvalue weighted by molar-refractivity contribution is 6.04. The van der Waals surface area contributed by atoms with Crippen LogP contribution in [0.4, 0.5) is 4.79 Å². The fraction of sp³-hybridized carbons (Fsp3) is 0.292. The van der Waals surface area contributed by atoms with Crippen LogP contribution in [0, 0.1) is 0 Å². The number of rotatable bonds is 8. The fourth-order valence-corrected chi connectivity index (χ4v) is 4.36. The summed E-state index contributed by atoms with van der Waals surface area (Å²) < 4.78 is 1.82. The summed E-state index contributed by atoms with van der Waals surface area (Å²) in [7, 11) is 0. The van der Waals surface area contributed by atoms with E-state index in [9.17, 15) is 14.4 Å². The first-order valence-electron chi connectivity index (χ1n) is 11.3. The predicted octanol–water partition coefficient (Wildman–Crippen LogP) is 2.33. The van der Waals surface area contributed by atoms with Gasteiger partial charge in [0.05, 0.1) is 6.04 Å². The quantitative estimate of drug-likeness (QED) is 0.349. The summed E-state index contributed by atoms with van der Waals surface area (Å²) in [5.41, 5.74) is 2.77. The van der Waals surface area contributed by atoms with Crippen LogP contribution in [0.15, 0.2) is 54.9 Å². The smallest absolute Gasteiger partial charge is 0.324 e. The normalized spacial score (nSPS) is 16.9. The van der Waals surface area contributed by atoms with E-state index in [-0.39, 0.29) is 37.2 Å². The molecule has 0 aliphatic carbocycles. The van der Waals surface area contributed by atoms with Crippen molar-refractivity contribution in [3.8, 4) is 0 Å². The third kappa shape index (κ3) is 4.09. The lowest BCUT2D eigenvalue weighted by atomic mass is 10.1. The summed E-state index contributed by atoms with van der Waals surface area (Å²) in [5.74, 6) is 0.103. The molecule has 10 heteroatoms. The van der Waals surface area contributed by atoms with Crippen molar-refractivity contribution in [2.45, 2.75) is 38.3 Å². The monoisotopic (exact) mass is 459 g/mol. The minimum atomic E-state index is -0.703. The van der Waals surface area contributed by atoms with Crippen LogP contribution >= 0.6 is 0 Å². The number of hydrogen-bond acceptors (Lipinski definition) is 5. The minimum Gasteiger partial charge on any atom is -0.361 e. The van der Waals surface area contributed by atoms with Crippen LogP contribution in [0.3, 0.4) is 0 Å². The molecule has 10 nitrogen and oxygen atoms in total. The number of para-hydroxylation sites is 1. The van der Waals surface area contributed by atoms with Gasteiger partial charge in [0.1, 0.15) is 6.04 Å². The van der Waals surface area contributed by atoms with Crippen molar-refractivity contribution < 1.29 is 14.4 Å². The molecule has 1 aliphatic heterocycles. The fourth-order valence-electron chi connectivity index (χ4n) is 4.36. The molecule has 3 aromatic heterocycles. The molecule has 0 bridgehead atoms. The number of nitrogens with zero attached hydrogens (tertiary/aromatic N) is 4. The number of aromatic nitrogens is 4. The van der Waals surface area contributed by atoms with E-state index < -0.39 is 12.1 Å². The van der Waals surface area contributed by atoms with Gasteiger partial charge in [-0.25, -0.2) is 4.79 Å². The van der Waals surface area contributed by atoms with Crippen molar-refractivity contribution in [3.63, 3.8) is 0 Å². The Balaban J connectivity index is 1.14. The lowest BCUT2D eigenvalue weighted by Crippen LogP contribution is -2.34. The van der Waals surface area contributed by atoms with Crippen LogP contribution in [0.2, 0.25) is 0 Å². The molecular weight excluding hydrogens is 434 g/mol. The van der Waals surface area contributed by atoms with Crippen molar-refractivity contribution in [2.24, 2.45) is 0 Å². The lowest BCUT2D eigenvalue weighted by molar-refractivity contribution is -0.127. The molecule has 0 saturated carbocycles. The molecule has 4 aromatic rings. The predicted molar refractivity (Wildman–Crippen MR) is 125 cm³/mol. The average Bonchev–Trinajstić information content (AvgIpc) is 3.52. The van der Waals surface area contributed by atoms with Crippen molar-refractivity contribution >= 4 is 34.4 Å². The second-order valence-corrected chi connectivity index (χ2v) is 8.42. The summed E-state index contributed by atoms with van der Waals surface area (Å²) in [6.45, 7) is 2.11. The van der Waals surface area contributed by atoms with Gasteiger partial charge in [-0.15, -0.1) is 10.2 Å². The Hall–Kier alpha value is -4.21. The van der Waals surface area contributed by atoms with Crippen molar-refractivity contribution in [2.75, 3.05) is 6.54 Å². The maximum absolute atomic E-state index is 12.8. The first kappa shape index (κ1) is 21.6. The van der Waals surface area contributed by atoms with E-state index in [4.69, 9.17) is 0 Å². The van der Waals surface area contributed by atoms with E-state index in [0.29, 0.717) is 17.9 Å². The Kier molecular flexibility index (Phi) is 5.70.